The van der Waals surface area contributed by atoms with Crippen molar-refractivity contribution in [1.29, 1.82) is 0 Å². The van der Waals surface area contributed by atoms with Gasteiger partial charge in [0, 0.05) is 5.70 Å². The second-order valence-electron chi connectivity index (χ2n) is 6.52. The van der Waals surface area contributed by atoms with Crippen molar-refractivity contribution in [3.63, 3.8) is 0 Å². The van der Waals surface area contributed by atoms with Gasteiger partial charge in [-0.25, -0.2) is 4.79 Å². The Morgan fingerprint density at radius 2 is 2.14 bits per heavy atom. The lowest BCUT2D eigenvalue weighted by Crippen LogP contribution is -2.29. The zero-order chi connectivity index (χ0) is 20.1. The number of ether oxygens (including phenoxy) is 2. The van der Waals surface area contributed by atoms with E-state index in [0.717, 1.165) is 19.3 Å². The zero-order valence-corrected chi connectivity index (χ0v) is 16.3. The maximum atomic E-state index is 12.9. The fourth-order valence-corrected chi connectivity index (χ4v) is 3.15. The van der Waals surface area contributed by atoms with Crippen molar-refractivity contribution in [2.24, 2.45) is 0 Å². The number of rotatable bonds is 8. The molecule has 0 amide bonds. The molecular formula is C19H25N5O4. The normalized spacial score (nSPS) is 15.8. The SMILES string of the molecule is CCCCCOC(=O)C1=C(C)Nc2nnnn2C1c1ccc(O)c(OCC)c1. The molecule has 0 spiro atoms. The van der Waals surface area contributed by atoms with Crippen LogP contribution in [-0.2, 0) is 9.53 Å². The van der Waals surface area contributed by atoms with Gasteiger partial charge in [-0.05, 0) is 48.4 Å². The number of unbranched alkanes of at least 4 members (excludes halogenated alkanes) is 2. The highest BCUT2D eigenvalue weighted by atomic mass is 16.5. The number of benzene rings is 1. The fourth-order valence-electron chi connectivity index (χ4n) is 3.15. The fraction of sp³-hybridized carbons (Fsp3) is 0.474. The van der Waals surface area contributed by atoms with Crippen LogP contribution in [0.25, 0.3) is 0 Å². The average Bonchev–Trinajstić information content (AvgIpc) is 3.14. The molecule has 2 aromatic rings. The summed E-state index contributed by atoms with van der Waals surface area (Å²) in [4.78, 5) is 12.9. The van der Waals surface area contributed by atoms with Crippen LogP contribution in [0.3, 0.4) is 0 Å². The molecule has 1 aromatic heterocycles. The molecule has 1 unspecified atom stereocenters. The Morgan fingerprint density at radius 1 is 1.32 bits per heavy atom. The van der Waals surface area contributed by atoms with Gasteiger partial charge in [-0.15, -0.1) is 0 Å². The number of phenolic OH excluding ortho intramolecular Hbond substituents is 1. The maximum absolute atomic E-state index is 12.9. The highest BCUT2D eigenvalue weighted by molar-refractivity contribution is 5.92. The van der Waals surface area contributed by atoms with E-state index in [1.807, 2.05) is 6.92 Å². The van der Waals surface area contributed by atoms with Crippen molar-refractivity contribution in [2.45, 2.75) is 46.1 Å². The van der Waals surface area contributed by atoms with E-state index in [9.17, 15) is 9.90 Å². The third kappa shape index (κ3) is 3.92. The molecule has 0 fully saturated rings. The van der Waals surface area contributed by atoms with E-state index < -0.39 is 12.0 Å². The Bertz CT molecular complexity index is 877. The number of tetrazole rings is 1. The predicted molar refractivity (Wildman–Crippen MR) is 102 cm³/mol. The molecule has 9 heteroatoms. The van der Waals surface area contributed by atoms with E-state index >= 15 is 0 Å². The lowest BCUT2D eigenvalue weighted by Gasteiger charge is -2.27. The maximum Gasteiger partial charge on any atom is 0.338 e. The van der Waals surface area contributed by atoms with E-state index in [0.29, 0.717) is 41.7 Å². The minimum Gasteiger partial charge on any atom is -0.504 e. The lowest BCUT2D eigenvalue weighted by atomic mass is 9.95. The Kier molecular flexibility index (Phi) is 6.13. The van der Waals surface area contributed by atoms with Gasteiger partial charge in [0.1, 0.15) is 6.04 Å². The minimum atomic E-state index is -0.593. The van der Waals surface area contributed by atoms with Gasteiger partial charge in [-0.2, -0.15) is 4.68 Å². The van der Waals surface area contributed by atoms with Gasteiger partial charge in [-0.1, -0.05) is 30.9 Å². The number of nitrogens with one attached hydrogen (secondary N) is 1. The van der Waals surface area contributed by atoms with Crippen molar-refractivity contribution in [3.8, 4) is 11.5 Å². The summed E-state index contributed by atoms with van der Waals surface area (Å²) in [6.45, 7) is 6.48. The van der Waals surface area contributed by atoms with Crippen LogP contribution in [0.5, 0.6) is 11.5 Å². The molecule has 2 N–H and O–H groups in total. The first kappa shape index (κ1) is 19.7. The molecule has 0 saturated carbocycles. The second-order valence-corrected chi connectivity index (χ2v) is 6.52. The first-order chi connectivity index (χ1) is 13.6. The molecule has 1 aromatic carbocycles. The van der Waals surface area contributed by atoms with E-state index in [2.05, 4.69) is 27.8 Å². The van der Waals surface area contributed by atoms with Crippen LogP contribution in [0.15, 0.2) is 29.5 Å². The summed E-state index contributed by atoms with van der Waals surface area (Å²) in [6, 6.07) is 4.35. The van der Waals surface area contributed by atoms with Crippen molar-refractivity contribution in [1.82, 2.24) is 20.2 Å². The van der Waals surface area contributed by atoms with Crippen LogP contribution in [-0.4, -0.2) is 44.5 Å². The summed E-state index contributed by atoms with van der Waals surface area (Å²) in [5, 5.41) is 24.8. The number of carbonyl (C=O) groups excluding carboxylic acids is 1. The Hall–Kier alpha value is -3.10. The van der Waals surface area contributed by atoms with Crippen LogP contribution in [0, 0.1) is 0 Å². The molecule has 1 atom stereocenters. The van der Waals surface area contributed by atoms with Crippen LogP contribution in [0.4, 0.5) is 5.95 Å². The smallest absolute Gasteiger partial charge is 0.338 e. The van der Waals surface area contributed by atoms with Gasteiger partial charge in [0.15, 0.2) is 11.5 Å². The molecule has 3 rings (SSSR count). The summed E-state index contributed by atoms with van der Waals surface area (Å²) in [6.07, 6.45) is 2.86. The summed E-state index contributed by atoms with van der Waals surface area (Å²) < 4.78 is 12.5. The van der Waals surface area contributed by atoms with Gasteiger partial charge >= 0.3 is 5.97 Å². The molecule has 0 radical (unpaired) electrons. The Balaban J connectivity index is 1.98. The molecule has 9 nitrogen and oxygen atoms in total. The molecule has 1 aliphatic heterocycles. The Morgan fingerprint density at radius 3 is 2.89 bits per heavy atom. The van der Waals surface area contributed by atoms with Crippen molar-refractivity contribution in [3.05, 3.63) is 35.0 Å². The van der Waals surface area contributed by atoms with Gasteiger partial charge in [-0.3, -0.25) is 0 Å². The highest BCUT2D eigenvalue weighted by Crippen LogP contribution is 2.38. The van der Waals surface area contributed by atoms with Gasteiger partial charge < -0.3 is 19.9 Å². The number of aromatic nitrogens is 4. The van der Waals surface area contributed by atoms with Crippen LogP contribution in [0.2, 0.25) is 0 Å². The summed E-state index contributed by atoms with van der Waals surface area (Å²) in [7, 11) is 0. The summed E-state index contributed by atoms with van der Waals surface area (Å²) >= 11 is 0. The van der Waals surface area contributed by atoms with Gasteiger partial charge in [0.2, 0.25) is 5.95 Å². The third-order valence-electron chi connectivity index (χ3n) is 4.51. The number of esters is 1. The number of phenols is 1. The Labute approximate surface area is 163 Å². The van der Waals surface area contributed by atoms with Crippen molar-refractivity contribution < 1.29 is 19.4 Å². The topological polar surface area (TPSA) is 111 Å². The molecular weight excluding hydrogens is 362 g/mol. The lowest BCUT2D eigenvalue weighted by molar-refractivity contribution is -0.139. The van der Waals surface area contributed by atoms with Crippen LogP contribution < -0.4 is 10.1 Å². The minimum absolute atomic E-state index is 0.0286. The number of hydrogen-bond acceptors (Lipinski definition) is 8. The molecule has 0 saturated heterocycles. The number of hydrogen-bond donors (Lipinski definition) is 2. The highest BCUT2D eigenvalue weighted by Gasteiger charge is 2.35. The second kappa shape index (κ2) is 8.73. The quantitative estimate of drug-likeness (QED) is 0.525. The zero-order valence-electron chi connectivity index (χ0n) is 16.3. The number of allylic oxidation sites excluding steroid dienone is 1. The van der Waals surface area contributed by atoms with Crippen molar-refractivity contribution in [2.75, 3.05) is 18.5 Å². The van der Waals surface area contributed by atoms with E-state index in [1.165, 1.54) is 10.7 Å². The van der Waals surface area contributed by atoms with Crippen LogP contribution in [0.1, 0.15) is 51.6 Å². The number of aromatic hydroxyl groups is 1. The van der Waals surface area contributed by atoms with E-state index in [1.54, 1.807) is 19.1 Å². The van der Waals surface area contributed by atoms with Crippen LogP contribution >= 0.6 is 0 Å². The monoisotopic (exact) mass is 387 g/mol. The first-order valence-corrected chi connectivity index (χ1v) is 9.45. The number of carbonyl (C=O) groups is 1. The first-order valence-electron chi connectivity index (χ1n) is 9.45. The third-order valence-corrected chi connectivity index (χ3v) is 4.51. The van der Waals surface area contributed by atoms with Gasteiger partial charge in [0.05, 0.1) is 18.8 Å². The number of anilines is 1. The van der Waals surface area contributed by atoms with E-state index in [-0.39, 0.29) is 5.75 Å². The molecule has 28 heavy (non-hydrogen) atoms. The summed E-state index contributed by atoms with van der Waals surface area (Å²) in [5.74, 6) is 0.372. The van der Waals surface area contributed by atoms with Crippen molar-refractivity contribution >= 4 is 11.9 Å². The van der Waals surface area contributed by atoms with E-state index in [4.69, 9.17) is 9.47 Å². The molecule has 0 aliphatic carbocycles. The average molecular weight is 387 g/mol. The number of nitrogens with zero attached hydrogens (tertiary/aromatic N) is 4. The van der Waals surface area contributed by atoms with Gasteiger partial charge in [0.25, 0.3) is 0 Å². The predicted octanol–water partition coefficient (Wildman–Crippen LogP) is 2.80. The summed E-state index contributed by atoms with van der Waals surface area (Å²) in [5.41, 5.74) is 1.75. The largest absolute Gasteiger partial charge is 0.504 e. The molecule has 1 aliphatic rings. The molecule has 0 bridgehead atoms. The standard InChI is InChI=1S/C19H25N5O4/c1-4-6-7-10-28-18(26)16-12(3)20-19-21-22-23-24(19)17(16)13-8-9-14(25)15(11-13)27-5-2/h8-9,11,17,25H,4-7,10H2,1-3H3,(H,20,21,23). The molecule has 150 valence electrons. The molecule has 2 heterocycles. The number of fused-ring (bicyclic) bond motifs is 1.